The van der Waals surface area contributed by atoms with E-state index in [9.17, 15) is 22.3 Å². The van der Waals surface area contributed by atoms with Crippen LogP contribution < -0.4 is 10.2 Å². The molecule has 0 aliphatic carbocycles. The van der Waals surface area contributed by atoms with Crippen LogP contribution in [-0.4, -0.2) is 51.4 Å². The van der Waals surface area contributed by atoms with Gasteiger partial charge in [-0.2, -0.15) is 23.8 Å². The minimum absolute atomic E-state index is 0.0809. The van der Waals surface area contributed by atoms with E-state index in [0.717, 1.165) is 0 Å². The van der Waals surface area contributed by atoms with Crippen LogP contribution in [-0.2, 0) is 5.88 Å². The van der Waals surface area contributed by atoms with Crippen LogP contribution >= 0.6 is 22.2 Å². The molecule has 0 amide bonds. The first kappa shape index (κ1) is 17.5. The van der Waals surface area contributed by atoms with Gasteiger partial charge in [0.25, 0.3) is 0 Å². The average Bonchev–Trinajstić information content (AvgIpc) is 2.44. The molecule has 0 aromatic carbocycles. The normalized spacial score (nSPS) is 19.8. The van der Waals surface area contributed by atoms with Gasteiger partial charge in [-0.05, 0) is 6.07 Å². The molecule has 22 heavy (non-hydrogen) atoms. The maximum absolute atomic E-state index is 12.3. The van der Waals surface area contributed by atoms with Gasteiger partial charge in [0, 0.05) is 24.8 Å². The molecule has 2 rings (SSSR count). The van der Waals surface area contributed by atoms with Crippen molar-refractivity contribution in [1.29, 1.82) is 0 Å². The number of pyridine rings is 1. The van der Waals surface area contributed by atoms with Gasteiger partial charge in [0.2, 0.25) is 0 Å². The van der Waals surface area contributed by atoms with Crippen molar-refractivity contribution in [2.75, 3.05) is 41.4 Å². The zero-order valence-corrected chi connectivity index (χ0v) is 13.2. The van der Waals surface area contributed by atoms with Crippen LogP contribution in [0.3, 0.4) is 0 Å². The van der Waals surface area contributed by atoms with Gasteiger partial charge < -0.3 is 10.2 Å². The second-order valence-corrected chi connectivity index (χ2v) is 7.69. The van der Waals surface area contributed by atoms with Gasteiger partial charge in [-0.25, -0.2) is 4.98 Å². The predicted octanol–water partition coefficient (Wildman–Crippen LogP) is 3.37. The summed E-state index contributed by atoms with van der Waals surface area (Å²) in [5.74, 6) is 0.674. The van der Waals surface area contributed by atoms with Crippen LogP contribution in [0.2, 0.25) is 0 Å². The van der Waals surface area contributed by atoms with Gasteiger partial charge in [0.15, 0.2) is 0 Å². The van der Waals surface area contributed by atoms with E-state index >= 15 is 0 Å². The van der Waals surface area contributed by atoms with Crippen molar-refractivity contribution in [2.45, 2.75) is 12.1 Å². The van der Waals surface area contributed by atoms with E-state index < -0.39 is 23.3 Å². The van der Waals surface area contributed by atoms with Crippen molar-refractivity contribution in [3.8, 4) is 0 Å². The molecule has 3 N–H and O–H groups in total. The van der Waals surface area contributed by atoms with E-state index in [-0.39, 0.29) is 23.2 Å². The number of aromatic nitrogens is 1. The summed E-state index contributed by atoms with van der Waals surface area (Å²) < 4.78 is 56.1. The number of halogens is 4. The first-order valence-electron chi connectivity index (χ1n) is 6.55. The molecular weight excluding hydrogens is 343 g/mol. The average molecular weight is 360 g/mol. The summed E-state index contributed by atoms with van der Waals surface area (Å²) in [6, 6.07) is 3.21. The topological polar surface area (TPSA) is 68.6 Å². The Morgan fingerprint density at radius 1 is 1.27 bits per heavy atom. The number of alkyl halides is 4. The van der Waals surface area contributed by atoms with Crippen molar-refractivity contribution in [1.82, 2.24) is 4.98 Å². The maximum atomic E-state index is 12.3. The third-order valence-electron chi connectivity index (χ3n) is 3.21. The fraction of sp³-hybridized carbons (Fsp3) is 0.583. The summed E-state index contributed by atoms with van der Waals surface area (Å²) in [5, 5.41) is 2.24. The molecule has 0 saturated carbocycles. The minimum atomic E-state index is -4.33. The number of nitrogens with one attached hydrogen (secondary N) is 1. The lowest BCUT2D eigenvalue weighted by atomic mass is 10.2. The lowest BCUT2D eigenvalue weighted by Crippen LogP contribution is -2.38. The molecule has 1 saturated heterocycles. The molecule has 126 valence electrons. The van der Waals surface area contributed by atoms with Gasteiger partial charge >= 0.3 is 6.18 Å². The molecule has 0 radical (unpaired) electrons. The van der Waals surface area contributed by atoms with Gasteiger partial charge in [0.1, 0.15) is 12.4 Å². The minimum Gasteiger partial charge on any atom is -0.368 e. The molecule has 1 aromatic heterocycles. The molecule has 1 aromatic rings. The summed E-state index contributed by atoms with van der Waals surface area (Å²) in [7, 11) is -2.53. The number of rotatable bonds is 4. The SMILES string of the molecule is OS1(O)CCN(c2cc(CCl)nc(NCC(F)(F)F)c2)CC1. The van der Waals surface area contributed by atoms with Crippen LogP contribution in [0, 0.1) is 0 Å². The van der Waals surface area contributed by atoms with Crippen molar-refractivity contribution in [3.63, 3.8) is 0 Å². The van der Waals surface area contributed by atoms with Gasteiger partial charge in [-0.3, -0.25) is 9.11 Å². The van der Waals surface area contributed by atoms with E-state index in [0.29, 0.717) is 24.5 Å². The molecule has 0 unspecified atom stereocenters. The molecule has 0 atom stereocenters. The summed E-state index contributed by atoms with van der Waals surface area (Å²) in [5.41, 5.74) is 1.13. The van der Waals surface area contributed by atoms with Crippen LogP contribution in [0.25, 0.3) is 0 Å². The molecule has 0 bridgehead atoms. The third kappa shape index (κ3) is 5.08. The first-order valence-corrected chi connectivity index (χ1v) is 8.96. The van der Waals surface area contributed by atoms with Crippen LogP contribution in [0.4, 0.5) is 24.7 Å². The number of anilines is 2. The van der Waals surface area contributed by atoms with E-state index in [1.165, 1.54) is 6.07 Å². The molecule has 1 fully saturated rings. The Hall–Kier alpha value is -0.900. The fourth-order valence-electron chi connectivity index (χ4n) is 2.09. The monoisotopic (exact) mass is 359 g/mol. The van der Waals surface area contributed by atoms with Crippen molar-refractivity contribution in [2.24, 2.45) is 0 Å². The van der Waals surface area contributed by atoms with Crippen LogP contribution in [0.1, 0.15) is 5.69 Å². The highest BCUT2D eigenvalue weighted by Crippen LogP contribution is 2.41. The zero-order valence-electron chi connectivity index (χ0n) is 11.6. The second kappa shape index (κ2) is 6.69. The van der Waals surface area contributed by atoms with Gasteiger partial charge in [-0.15, -0.1) is 11.6 Å². The maximum Gasteiger partial charge on any atom is 0.405 e. The van der Waals surface area contributed by atoms with Gasteiger partial charge in [0.05, 0.1) is 23.1 Å². The van der Waals surface area contributed by atoms with Crippen LogP contribution in [0.5, 0.6) is 0 Å². The Kier molecular flexibility index (Phi) is 5.31. The van der Waals surface area contributed by atoms with E-state index in [4.69, 9.17) is 11.6 Å². The first-order chi connectivity index (χ1) is 10.2. The quantitative estimate of drug-likeness (QED) is 0.719. The van der Waals surface area contributed by atoms with Gasteiger partial charge in [-0.1, -0.05) is 0 Å². The smallest absolute Gasteiger partial charge is 0.368 e. The van der Waals surface area contributed by atoms with Crippen LogP contribution in [0.15, 0.2) is 12.1 Å². The molecular formula is C12H17ClF3N3O2S. The van der Waals surface area contributed by atoms with E-state index in [2.05, 4.69) is 10.3 Å². The highest BCUT2D eigenvalue weighted by molar-refractivity contribution is 8.24. The third-order valence-corrected chi connectivity index (χ3v) is 5.16. The molecule has 10 heteroatoms. The Labute approximate surface area is 132 Å². The lowest BCUT2D eigenvalue weighted by Gasteiger charge is -2.42. The summed E-state index contributed by atoms with van der Waals surface area (Å²) >= 11 is 5.74. The number of hydrogen-bond acceptors (Lipinski definition) is 5. The molecule has 2 heterocycles. The number of nitrogens with zero attached hydrogens (tertiary/aromatic N) is 2. The zero-order chi connectivity index (χ0) is 16.4. The van der Waals surface area contributed by atoms with Crippen molar-refractivity contribution >= 4 is 33.7 Å². The standard InChI is InChI=1S/C12H17ClF3N3O2S/c13-7-9-5-10(19-1-3-22(20,21)4-2-19)6-11(18-9)17-8-12(14,15)16/h5-6,20-21H,1-4,7-8H2,(H,17,18). The molecule has 0 spiro atoms. The molecule has 5 nitrogen and oxygen atoms in total. The Morgan fingerprint density at radius 2 is 1.91 bits per heavy atom. The second-order valence-electron chi connectivity index (χ2n) is 5.00. The largest absolute Gasteiger partial charge is 0.405 e. The highest BCUT2D eigenvalue weighted by Gasteiger charge is 2.27. The van der Waals surface area contributed by atoms with Crippen molar-refractivity contribution in [3.05, 3.63) is 17.8 Å². The highest BCUT2D eigenvalue weighted by atomic mass is 35.5. The molecule has 1 aliphatic rings. The number of hydrogen-bond donors (Lipinski definition) is 3. The Morgan fingerprint density at radius 3 is 2.45 bits per heavy atom. The fourth-order valence-corrected chi connectivity index (χ4v) is 3.46. The Bertz CT molecular complexity index is 521. The lowest BCUT2D eigenvalue weighted by molar-refractivity contribution is -0.115. The summed E-state index contributed by atoms with van der Waals surface area (Å²) in [6.45, 7) is -0.328. The summed E-state index contributed by atoms with van der Waals surface area (Å²) in [6.07, 6.45) is -4.33. The van der Waals surface area contributed by atoms with E-state index in [1.807, 2.05) is 4.90 Å². The summed E-state index contributed by atoms with van der Waals surface area (Å²) in [4.78, 5) is 5.90. The van der Waals surface area contributed by atoms with Crippen molar-refractivity contribution < 1.29 is 22.3 Å². The van der Waals surface area contributed by atoms with E-state index in [1.54, 1.807) is 6.07 Å². The predicted molar refractivity (Wildman–Crippen MR) is 83.1 cm³/mol. The Balaban J connectivity index is 2.14. The molecule has 1 aliphatic heterocycles.